The SMILES string of the molecule is CO[C@@H](C)c1cccc(NC(=O)Cc2nc(-c3ccco3)oc2C)c1. The lowest BCUT2D eigenvalue weighted by molar-refractivity contribution is -0.115. The summed E-state index contributed by atoms with van der Waals surface area (Å²) in [5, 5.41) is 2.88. The van der Waals surface area contributed by atoms with Gasteiger partial charge in [0.25, 0.3) is 5.89 Å². The van der Waals surface area contributed by atoms with Crippen LogP contribution in [0.25, 0.3) is 11.7 Å². The van der Waals surface area contributed by atoms with Crippen molar-refractivity contribution < 1.29 is 18.4 Å². The number of nitrogens with zero attached hydrogens (tertiary/aromatic N) is 1. The Bertz CT molecular complexity index is 852. The van der Waals surface area contributed by atoms with E-state index >= 15 is 0 Å². The van der Waals surface area contributed by atoms with Crippen LogP contribution in [0.5, 0.6) is 0 Å². The van der Waals surface area contributed by atoms with Crippen LogP contribution in [-0.2, 0) is 16.0 Å². The van der Waals surface area contributed by atoms with E-state index in [1.165, 1.54) is 0 Å². The van der Waals surface area contributed by atoms with Gasteiger partial charge in [-0.05, 0) is 43.7 Å². The van der Waals surface area contributed by atoms with E-state index in [4.69, 9.17) is 13.6 Å². The van der Waals surface area contributed by atoms with E-state index in [1.807, 2.05) is 31.2 Å². The summed E-state index contributed by atoms with van der Waals surface area (Å²) in [5.74, 6) is 1.35. The topological polar surface area (TPSA) is 77.5 Å². The summed E-state index contributed by atoms with van der Waals surface area (Å²) in [5.41, 5.74) is 2.31. The number of ether oxygens (including phenoxy) is 1. The van der Waals surface area contributed by atoms with Crippen molar-refractivity contribution in [2.75, 3.05) is 12.4 Å². The molecule has 0 bridgehead atoms. The minimum atomic E-state index is -0.162. The summed E-state index contributed by atoms with van der Waals surface area (Å²) in [6.45, 7) is 3.73. The van der Waals surface area contributed by atoms with E-state index in [9.17, 15) is 4.79 Å². The average Bonchev–Trinajstić information content (AvgIpc) is 3.25. The maximum Gasteiger partial charge on any atom is 0.263 e. The van der Waals surface area contributed by atoms with Gasteiger partial charge in [-0.15, -0.1) is 0 Å². The van der Waals surface area contributed by atoms with Gasteiger partial charge < -0.3 is 18.9 Å². The number of furan rings is 1. The van der Waals surface area contributed by atoms with Crippen LogP contribution in [-0.4, -0.2) is 18.0 Å². The van der Waals surface area contributed by atoms with Gasteiger partial charge in [0.15, 0.2) is 5.76 Å². The van der Waals surface area contributed by atoms with Gasteiger partial charge in [-0.1, -0.05) is 12.1 Å². The molecule has 130 valence electrons. The maximum absolute atomic E-state index is 12.3. The van der Waals surface area contributed by atoms with Gasteiger partial charge in [-0.2, -0.15) is 0 Å². The van der Waals surface area contributed by atoms with Crippen molar-refractivity contribution in [3.8, 4) is 11.7 Å². The van der Waals surface area contributed by atoms with Crippen molar-refractivity contribution >= 4 is 11.6 Å². The van der Waals surface area contributed by atoms with Crippen LogP contribution in [0.4, 0.5) is 5.69 Å². The van der Waals surface area contributed by atoms with Crippen molar-refractivity contribution in [2.45, 2.75) is 26.4 Å². The van der Waals surface area contributed by atoms with Crippen molar-refractivity contribution in [2.24, 2.45) is 0 Å². The zero-order valence-corrected chi connectivity index (χ0v) is 14.4. The molecule has 1 amide bonds. The number of hydrogen-bond acceptors (Lipinski definition) is 5. The van der Waals surface area contributed by atoms with E-state index in [-0.39, 0.29) is 18.4 Å². The minimum absolute atomic E-state index is 0.0366. The smallest absolute Gasteiger partial charge is 0.263 e. The number of carbonyl (C=O) groups is 1. The molecule has 0 saturated carbocycles. The van der Waals surface area contributed by atoms with Gasteiger partial charge in [0.1, 0.15) is 5.76 Å². The number of aromatic nitrogens is 1. The molecular weight excluding hydrogens is 320 g/mol. The summed E-state index contributed by atoms with van der Waals surface area (Å²) in [6, 6.07) is 11.1. The fourth-order valence-corrected chi connectivity index (χ4v) is 2.46. The molecule has 0 spiro atoms. The lowest BCUT2D eigenvalue weighted by Gasteiger charge is -2.11. The van der Waals surface area contributed by atoms with E-state index in [0.717, 1.165) is 11.3 Å². The number of nitrogens with one attached hydrogen (secondary N) is 1. The molecule has 0 saturated heterocycles. The molecule has 0 radical (unpaired) electrons. The predicted molar refractivity (Wildman–Crippen MR) is 93.1 cm³/mol. The number of methoxy groups -OCH3 is 1. The highest BCUT2D eigenvalue weighted by atomic mass is 16.5. The molecule has 2 heterocycles. The monoisotopic (exact) mass is 340 g/mol. The van der Waals surface area contributed by atoms with Gasteiger partial charge in [-0.25, -0.2) is 4.98 Å². The molecule has 3 aromatic rings. The summed E-state index contributed by atoms with van der Waals surface area (Å²) < 4.78 is 16.1. The maximum atomic E-state index is 12.3. The lowest BCUT2D eigenvalue weighted by Crippen LogP contribution is -2.15. The third-order valence-electron chi connectivity index (χ3n) is 3.95. The summed E-state index contributed by atoms with van der Waals surface area (Å²) in [4.78, 5) is 16.7. The molecule has 0 aliphatic rings. The van der Waals surface area contributed by atoms with Crippen LogP contribution < -0.4 is 5.32 Å². The molecule has 0 unspecified atom stereocenters. The lowest BCUT2D eigenvalue weighted by atomic mass is 10.1. The molecule has 6 nitrogen and oxygen atoms in total. The van der Waals surface area contributed by atoms with Gasteiger partial charge in [0.2, 0.25) is 5.91 Å². The van der Waals surface area contributed by atoms with E-state index in [2.05, 4.69) is 10.3 Å². The molecule has 0 aliphatic carbocycles. The molecule has 1 N–H and O–H groups in total. The second kappa shape index (κ2) is 7.36. The number of rotatable bonds is 6. The molecule has 6 heteroatoms. The largest absolute Gasteiger partial charge is 0.459 e. The fraction of sp³-hybridized carbons (Fsp3) is 0.263. The Morgan fingerprint density at radius 2 is 2.16 bits per heavy atom. The van der Waals surface area contributed by atoms with Crippen LogP contribution in [0.1, 0.15) is 30.0 Å². The fourth-order valence-electron chi connectivity index (χ4n) is 2.46. The first-order valence-electron chi connectivity index (χ1n) is 7.99. The summed E-state index contributed by atoms with van der Waals surface area (Å²) in [6.07, 6.45) is 1.64. The second-order valence-corrected chi connectivity index (χ2v) is 5.73. The molecule has 2 aromatic heterocycles. The Labute approximate surface area is 145 Å². The number of carbonyl (C=O) groups excluding carboxylic acids is 1. The van der Waals surface area contributed by atoms with Gasteiger partial charge in [-0.3, -0.25) is 4.79 Å². The molecule has 3 rings (SSSR count). The molecule has 25 heavy (non-hydrogen) atoms. The van der Waals surface area contributed by atoms with E-state index in [1.54, 1.807) is 32.4 Å². The zero-order chi connectivity index (χ0) is 17.8. The van der Waals surface area contributed by atoms with E-state index in [0.29, 0.717) is 23.1 Å². The first-order valence-corrected chi connectivity index (χ1v) is 7.99. The number of aryl methyl sites for hydroxylation is 1. The van der Waals surface area contributed by atoms with Crippen molar-refractivity contribution in [3.05, 3.63) is 59.7 Å². The number of anilines is 1. The van der Waals surface area contributed by atoms with Crippen molar-refractivity contribution in [1.29, 1.82) is 0 Å². The van der Waals surface area contributed by atoms with Crippen molar-refractivity contribution in [1.82, 2.24) is 4.98 Å². The molecule has 0 fully saturated rings. The Hall–Kier alpha value is -2.86. The first-order chi connectivity index (χ1) is 12.1. The van der Waals surface area contributed by atoms with Crippen molar-refractivity contribution in [3.63, 3.8) is 0 Å². The minimum Gasteiger partial charge on any atom is -0.459 e. The Morgan fingerprint density at radius 1 is 1.32 bits per heavy atom. The quantitative estimate of drug-likeness (QED) is 0.730. The molecule has 1 aromatic carbocycles. The second-order valence-electron chi connectivity index (χ2n) is 5.73. The Balaban J connectivity index is 1.69. The third-order valence-corrected chi connectivity index (χ3v) is 3.95. The van der Waals surface area contributed by atoms with Crippen LogP contribution in [0.3, 0.4) is 0 Å². The molecule has 1 atom stereocenters. The molecule has 0 aliphatic heterocycles. The Kier molecular flexibility index (Phi) is 5.00. The zero-order valence-electron chi connectivity index (χ0n) is 14.4. The Morgan fingerprint density at radius 3 is 2.88 bits per heavy atom. The van der Waals surface area contributed by atoms with Gasteiger partial charge in [0.05, 0.1) is 24.5 Å². The average molecular weight is 340 g/mol. The predicted octanol–water partition coefficient (Wildman–Crippen LogP) is 4.13. The number of hydrogen-bond donors (Lipinski definition) is 1. The van der Waals surface area contributed by atoms with Gasteiger partial charge >= 0.3 is 0 Å². The summed E-state index contributed by atoms with van der Waals surface area (Å²) in [7, 11) is 1.65. The van der Waals surface area contributed by atoms with Crippen LogP contribution in [0.15, 0.2) is 51.5 Å². The number of amides is 1. The standard InChI is InChI=1S/C19H20N2O4/c1-12(23-3)14-6-4-7-15(10-14)20-18(22)11-16-13(2)25-19(21-16)17-8-5-9-24-17/h4-10,12H,11H2,1-3H3,(H,20,22)/t12-/m0/s1. The van der Waals surface area contributed by atoms with E-state index < -0.39 is 0 Å². The first kappa shape index (κ1) is 17.0. The summed E-state index contributed by atoms with van der Waals surface area (Å²) >= 11 is 0. The normalized spacial score (nSPS) is 12.1. The highest BCUT2D eigenvalue weighted by Crippen LogP contribution is 2.23. The number of oxazole rings is 1. The third kappa shape index (κ3) is 3.97. The number of benzene rings is 1. The van der Waals surface area contributed by atoms with Crippen LogP contribution >= 0.6 is 0 Å². The van der Waals surface area contributed by atoms with Crippen LogP contribution in [0.2, 0.25) is 0 Å². The highest BCUT2D eigenvalue weighted by molar-refractivity contribution is 5.92. The van der Waals surface area contributed by atoms with Crippen LogP contribution in [0, 0.1) is 6.92 Å². The van der Waals surface area contributed by atoms with Gasteiger partial charge in [0, 0.05) is 12.8 Å². The highest BCUT2D eigenvalue weighted by Gasteiger charge is 2.16. The molecular formula is C19H20N2O4.